The van der Waals surface area contributed by atoms with Gasteiger partial charge >= 0.3 is 0 Å². The van der Waals surface area contributed by atoms with E-state index < -0.39 is 10.0 Å². The van der Waals surface area contributed by atoms with Crippen molar-refractivity contribution in [2.75, 3.05) is 19.3 Å². The van der Waals surface area contributed by atoms with Crippen molar-refractivity contribution in [3.63, 3.8) is 0 Å². The van der Waals surface area contributed by atoms with Crippen LogP contribution in [0.3, 0.4) is 0 Å². The summed E-state index contributed by atoms with van der Waals surface area (Å²) < 4.78 is 25.8. The highest BCUT2D eigenvalue weighted by molar-refractivity contribution is 7.88. The van der Waals surface area contributed by atoms with Gasteiger partial charge in [0.1, 0.15) is 0 Å². The van der Waals surface area contributed by atoms with Gasteiger partial charge in [-0.3, -0.25) is 4.79 Å². The van der Waals surface area contributed by atoms with Crippen molar-refractivity contribution in [2.45, 2.75) is 76.8 Å². The van der Waals surface area contributed by atoms with E-state index >= 15 is 0 Å². The monoisotopic (exact) mass is 330 g/mol. The van der Waals surface area contributed by atoms with Gasteiger partial charge in [-0.1, -0.05) is 26.2 Å². The Bertz CT molecular complexity index is 472. The molecule has 0 aromatic rings. The van der Waals surface area contributed by atoms with E-state index in [1.807, 2.05) is 4.90 Å². The van der Waals surface area contributed by atoms with E-state index in [9.17, 15) is 13.2 Å². The Labute approximate surface area is 135 Å². The highest BCUT2D eigenvalue weighted by atomic mass is 32.2. The first-order valence-electron chi connectivity index (χ1n) is 8.69. The molecule has 1 saturated heterocycles. The Morgan fingerprint density at radius 3 is 2.32 bits per heavy atom. The molecule has 1 amide bonds. The fraction of sp³-hybridized carbons (Fsp3) is 0.938. The highest BCUT2D eigenvalue weighted by Crippen LogP contribution is 2.25. The lowest BCUT2D eigenvalue weighted by Crippen LogP contribution is -2.51. The maximum atomic E-state index is 12.7. The Kier molecular flexibility index (Phi) is 6.26. The summed E-state index contributed by atoms with van der Waals surface area (Å²) in [5.41, 5.74) is 0. The molecule has 6 heteroatoms. The van der Waals surface area contributed by atoms with Crippen LogP contribution < -0.4 is 0 Å². The summed E-state index contributed by atoms with van der Waals surface area (Å²) in [6, 6.07) is 0.298. The number of amides is 1. The third kappa shape index (κ3) is 4.44. The van der Waals surface area contributed by atoms with Crippen LogP contribution in [0.5, 0.6) is 0 Å². The molecule has 22 heavy (non-hydrogen) atoms. The Hall–Kier alpha value is -0.620. The standard InChI is InChI=1S/C16H30N2O3S/c1-3-14-9-7-8-12-17(14)16(19)13-18(22(2,20)21)15-10-5-4-6-11-15/h14-15H,3-13H2,1-2H3. The van der Waals surface area contributed by atoms with Crippen LogP contribution in [-0.2, 0) is 14.8 Å². The van der Waals surface area contributed by atoms with Crippen LogP contribution in [0.1, 0.15) is 64.7 Å². The van der Waals surface area contributed by atoms with Gasteiger partial charge in [0.2, 0.25) is 15.9 Å². The molecule has 0 bridgehead atoms. The number of hydrogen-bond acceptors (Lipinski definition) is 3. The molecule has 1 unspecified atom stereocenters. The third-order valence-electron chi connectivity index (χ3n) is 5.12. The number of carbonyl (C=O) groups excluding carboxylic acids is 1. The number of likely N-dealkylation sites (tertiary alicyclic amines) is 1. The second-order valence-corrected chi connectivity index (χ2v) is 8.68. The summed E-state index contributed by atoms with van der Waals surface area (Å²) in [6.45, 7) is 2.91. The molecule has 0 aromatic heterocycles. The summed E-state index contributed by atoms with van der Waals surface area (Å²) in [5.74, 6) is -0.0115. The maximum Gasteiger partial charge on any atom is 0.238 e. The van der Waals surface area contributed by atoms with Crippen molar-refractivity contribution in [3.05, 3.63) is 0 Å². The van der Waals surface area contributed by atoms with Gasteiger partial charge in [0.05, 0.1) is 12.8 Å². The average molecular weight is 330 g/mol. The molecule has 1 saturated carbocycles. The number of hydrogen-bond donors (Lipinski definition) is 0. The van der Waals surface area contributed by atoms with Gasteiger partial charge in [-0.05, 0) is 38.5 Å². The summed E-state index contributed by atoms with van der Waals surface area (Å²) >= 11 is 0. The normalized spacial score (nSPS) is 24.7. The van der Waals surface area contributed by atoms with Crippen LogP contribution in [0.15, 0.2) is 0 Å². The number of rotatable bonds is 5. The van der Waals surface area contributed by atoms with Gasteiger partial charge in [-0.2, -0.15) is 4.31 Å². The van der Waals surface area contributed by atoms with E-state index in [-0.39, 0.29) is 24.5 Å². The van der Waals surface area contributed by atoms with Crippen molar-refractivity contribution in [1.29, 1.82) is 0 Å². The van der Waals surface area contributed by atoms with E-state index in [2.05, 4.69) is 6.92 Å². The van der Waals surface area contributed by atoms with Crippen LogP contribution in [0.2, 0.25) is 0 Å². The highest BCUT2D eigenvalue weighted by Gasteiger charge is 2.33. The average Bonchev–Trinajstić information content (AvgIpc) is 2.52. The van der Waals surface area contributed by atoms with E-state index in [0.717, 1.165) is 51.5 Å². The maximum absolute atomic E-state index is 12.7. The molecular formula is C16H30N2O3S. The van der Waals surface area contributed by atoms with Crippen LogP contribution in [0.4, 0.5) is 0 Å². The number of nitrogens with zero attached hydrogens (tertiary/aromatic N) is 2. The molecule has 0 spiro atoms. The molecular weight excluding hydrogens is 300 g/mol. The van der Waals surface area contributed by atoms with Gasteiger partial charge in [-0.25, -0.2) is 8.42 Å². The van der Waals surface area contributed by atoms with E-state index in [1.165, 1.54) is 23.4 Å². The van der Waals surface area contributed by atoms with Gasteiger partial charge in [0, 0.05) is 18.6 Å². The quantitative estimate of drug-likeness (QED) is 0.777. The first-order chi connectivity index (χ1) is 10.4. The third-order valence-corrected chi connectivity index (χ3v) is 6.40. The van der Waals surface area contributed by atoms with Crippen LogP contribution in [0, 0.1) is 0 Å². The largest absolute Gasteiger partial charge is 0.339 e. The zero-order valence-corrected chi connectivity index (χ0v) is 14.8. The lowest BCUT2D eigenvalue weighted by atomic mass is 9.95. The minimum atomic E-state index is -3.34. The predicted molar refractivity (Wildman–Crippen MR) is 88.1 cm³/mol. The van der Waals surface area contributed by atoms with Gasteiger partial charge < -0.3 is 4.90 Å². The number of carbonyl (C=O) groups is 1. The molecule has 2 aliphatic rings. The lowest BCUT2D eigenvalue weighted by Gasteiger charge is -2.38. The van der Waals surface area contributed by atoms with Gasteiger partial charge in [-0.15, -0.1) is 0 Å². The second kappa shape index (κ2) is 7.77. The zero-order valence-electron chi connectivity index (χ0n) is 14.0. The Morgan fingerprint density at radius 2 is 1.73 bits per heavy atom. The van der Waals surface area contributed by atoms with E-state index in [0.29, 0.717) is 0 Å². The molecule has 1 atom stereocenters. The minimum absolute atomic E-state index is 0.0115. The fourth-order valence-corrected chi connectivity index (χ4v) is 4.96. The Morgan fingerprint density at radius 1 is 1.09 bits per heavy atom. The van der Waals surface area contributed by atoms with Crippen LogP contribution >= 0.6 is 0 Å². The minimum Gasteiger partial charge on any atom is -0.339 e. The number of piperidine rings is 1. The van der Waals surface area contributed by atoms with Crippen molar-refractivity contribution < 1.29 is 13.2 Å². The molecule has 0 radical (unpaired) electrons. The fourth-order valence-electron chi connectivity index (χ4n) is 3.86. The smallest absolute Gasteiger partial charge is 0.238 e. The van der Waals surface area contributed by atoms with E-state index in [4.69, 9.17) is 0 Å². The summed E-state index contributed by atoms with van der Waals surface area (Å²) in [4.78, 5) is 14.6. The SMILES string of the molecule is CCC1CCCCN1C(=O)CN(C1CCCCC1)S(C)(=O)=O. The molecule has 0 N–H and O–H groups in total. The van der Waals surface area contributed by atoms with E-state index in [1.54, 1.807) is 0 Å². The molecule has 5 nitrogen and oxygen atoms in total. The molecule has 128 valence electrons. The zero-order chi connectivity index (χ0) is 16.2. The first kappa shape index (κ1) is 17.7. The molecule has 1 aliphatic carbocycles. The van der Waals surface area contributed by atoms with Gasteiger partial charge in [0.15, 0.2) is 0 Å². The van der Waals surface area contributed by atoms with Crippen molar-refractivity contribution >= 4 is 15.9 Å². The molecule has 2 rings (SSSR count). The molecule has 1 heterocycles. The summed E-state index contributed by atoms with van der Waals surface area (Å²) in [5, 5.41) is 0. The second-order valence-electron chi connectivity index (χ2n) is 6.75. The number of sulfonamides is 1. The molecule has 0 aromatic carbocycles. The lowest BCUT2D eigenvalue weighted by molar-refractivity contribution is -0.135. The predicted octanol–water partition coefficient (Wildman–Crippen LogP) is 2.37. The van der Waals surface area contributed by atoms with Crippen LogP contribution in [0.25, 0.3) is 0 Å². The van der Waals surface area contributed by atoms with Crippen molar-refractivity contribution in [3.8, 4) is 0 Å². The van der Waals surface area contributed by atoms with Crippen LogP contribution in [-0.4, -0.2) is 55.0 Å². The van der Waals surface area contributed by atoms with Gasteiger partial charge in [0.25, 0.3) is 0 Å². The van der Waals surface area contributed by atoms with Crippen molar-refractivity contribution in [2.24, 2.45) is 0 Å². The molecule has 2 fully saturated rings. The Balaban J connectivity index is 2.07. The summed E-state index contributed by atoms with van der Waals surface area (Å²) in [7, 11) is -3.34. The molecule has 1 aliphatic heterocycles. The first-order valence-corrected chi connectivity index (χ1v) is 10.5. The van der Waals surface area contributed by atoms with Crippen molar-refractivity contribution in [1.82, 2.24) is 9.21 Å². The topological polar surface area (TPSA) is 57.7 Å². The summed E-state index contributed by atoms with van der Waals surface area (Å²) in [6.07, 6.45) is 10.5.